The van der Waals surface area contributed by atoms with E-state index in [2.05, 4.69) is 10.6 Å². The van der Waals surface area contributed by atoms with Crippen LogP contribution in [0.4, 0.5) is 0 Å². The number of nitrogens with one attached hydrogen (secondary N) is 2. The second-order valence-electron chi connectivity index (χ2n) is 6.73. The molecule has 1 aliphatic carbocycles. The van der Waals surface area contributed by atoms with Gasteiger partial charge in [0.15, 0.2) is 0 Å². The molecule has 1 aliphatic heterocycles. The summed E-state index contributed by atoms with van der Waals surface area (Å²) in [5, 5.41) is 6.21. The van der Waals surface area contributed by atoms with Gasteiger partial charge >= 0.3 is 0 Å². The lowest BCUT2D eigenvalue weighted by Crippen LogP contribution is -2.59. The topological polar surface area (TPSA) is 70.7 Å². The Morgan fingerprint density at radius 3 is 2.80 bits per heavy atom. The molecule has 0 radical (unpaired) electrons. The lowest BCUT2D eigenvalue weighted by atomic mass is 10.1. The van der Waals surface area contributed by atoms with Crippen LogP contribution in [0.25, 0.3) is 0 Å². The van der Waals surface area contributed by atoms with E-state index in [0.29, 0.717) is 45.2 Å². The van der Waals surface area contributed by atoms with Gasteiger partial charge < -0.3 is 20.3 Å². The summed E-state index contributed by atoms with van der Waals surface area (Å²) in [6.45, 7) is 2.98. The van der Waals surface area contributed by atoms with Crippen molar-refractivity contribution in [3.05, 3.63) is 35.9 Å². The Kier molecular flexibility index (Phi) is 6.42. The highest BCUT2D eigenvalue weighted by atomic mass is 16.5. The number of amides is 2. The Hall–Kier alpha value is -1.92. The molecule has 2 N–H and O–H groups in total. The van der Waals surface area contributed by atoms with Gasteiger partial charge in [0.1, 0.15) is 6.04 Å². The van der Waals surface area contributed by atoms with Gasteiger partial charge in [-0.15, -0.1) is 0 Å². The number of rotatable bonds is 8. The molecule has 0 aromatic heterocycles. The molecule has 136 valence electrons. The summed E-state index contributed by atoms with van der Waals surface area (Å²) < 4.78 is 5.63. The van der Waals surface area contributed by atoms with Crippen LogP contribution >= 0.6 is 0 Å². The molecule has 25 heavy (non-hydrogen) atoms. The first-order valence-corrected chi connectivity index (χ1v) is 9.16. The van der Waals surface area contributed by atoms with Crippen LogP contribution in [0.1, 0.15) is 31.2 Å². The van der Waals surface area contributed by atoms with E-state index >= 15 is 0 Å². The number of ether oxygens (including phenoxy) is 1. The zero-order valence-electron chi connectivity index (χ0n) is 14.6. The van der Waals surface area contributed by atoms with Crippen molar-refractivity contribution in [1.29, 1.82) is 0 Å². The smallest absolute Gasteiger partial charge is 0.244 e. The monoisotopic (exact) mass is 345 g/mol. The molecular formula is C19H27N3O3. The van der Waals surface area contributed by atoms with E-state index in [4.69, 9.17) is 4.74 Å². The fourth-order valence-electron chi connectivity index (χ4n) is 3.00. The Balaban J connectivity index is 1.38. The Morgan fingerprint density at radius 1 is 1.24 bits per heavy atom. The Labute approximate surface area is 148 Å². The van der Waals surface area contributed by atoms with Crippen molar-refractivity contribution >= 4 is 11.8 Å². The minimum absolute atomic E-state index is 0.0247. The zero-order chi connectivity index (χ0) is 17.5. The average Bonchev–Trinajstić information content (AvgIpc) is 3.46. The number of hydrogen-bond acceptors (Lipinski definition) is 4. The van der Waals surface area contributed by atoms with Gasteiger partial charge in [-0.05, 0) is 24.8 Å². The maximum Gasteiger partial charge on any atom is 0.244 e. The molecule has 2 aliphatic rings. The lowest BCUT2D eigenvalue weighted by molar-refractivity contribution is -0.141. The Morgan fingerprint density at radius 2 is 2.04 bits per heavy atom. The summed E-state index contributed by atoms with van der Waals surface area (Å²) in [5.41, 5.74) is 1.13. The van der Waals surface area contributed by atoms with Gasteiger partial charge in [-0.3, -0.25) is 9.59 Å². The maximum absolute atomic E-state index is 12.5. The molecule has 1 saturated heterocycles. The third kappa shape index (κ3) is 5.54. The highest BCUT2D eigenvalue weighted by molar-refractivity contribution is 5.88. The second kappa shape index (κ2) is 8.97. The summed E-state index contributed by atoms with van der Waals surface area (Å²) in [7, 11) is 0. The molecule has 2 amide bonds. The van der Waals surface area contributed by atoms with Gasteiger partial charge in [-0.1, -0.05) is 30.3 Å². The van der Waals surface area contributed by atoms with Crippen molar-refractivity contribution in [3.8, 4) is 0 Å². The number of benzene rings is 1. The molecule has 6 heteroatoms. The van der Waals surface area contributed by atoms with E-state index in [1.807, 2.05) is 30.3 Å². The van der Waals surface area contributed by atoms with Crippen molar-refractivity contribution in [2.45, 2.75) is 44.4 Å². The van der Waals surface area contributed by atoms with E-state index in [1.165, 1.54) is 0 Å². The minimum atomic E-state index is -0.382. The van der Waals surface area contributed by atoms with Crippen LogP contribution in [-0.4, -0.2) is 55.0 Å². The van der Waals surface area contributed by atoms with Crippen LogP contribution in [-0.2, 0) is 20.9 Å². The van der Waals surface area contributed by atoms with Gasteiger partial charge in [0.25, 0.3) is 0 Å². The summed E-state index contributed by atoms with van der Waals surface area (Å²) >= 11 is 0. The lowest BCUT2D eigenvalue weighted by Gasteiger charge is -2.35. The molecule has 3 rings (SSSR count). The molecule has 1 aromatic rings. The van der Waals surface area contributed by atoms with Gasteiger partial charge in [0, 0.05) is 38.7 Å². The molecule has 1 unspecified atom stereocenters. The summed E-state index contributed by atoms with van der Waals surface area (Å²) in [6.07, 6.45) is 3.20. The molecule has 1 saturated carbocycles. The molecule has 1 heterocycles. The van der Waals surface area contributed by atoms with Crippen LogP contribution in [0, 0.1) is 0 Å². The van der Waals surface area contributed by atoms with E-state index in [1.54, 1.807) is 4.90 Å². The van der Waals surface area contributed by atoms with E-state index in [0.717, 1.165) is 24.9 Å². The van der Waals surface area contributed by atoms with Crippen molar-refractivity contribution in [2.75, 3.05) is 26.2 Å². The summed E-state index contributed by atoms with van der Waals surface area (Å²) in [5.74, 6) is 0.0177. The van der Waals surface area contributed by atoms with Gasteiger partial charge in [0.2, 0.25) is 11.8 Å². The molecule has 0 spiro atoms. The standard InChI is InChI=1S/C19H27N3O3/c23-18(7-4-12-25-14-15-5-2-1-3-6-15)22-11-10-20-13-17(22)19(24)21-16-8-9-16/h1-3,5-6,16-17,20H,4,7-14H2,(H,21,24). The quantitative estimate of drug-likeness (QED) is 0.691. The first-order chi connectivity index (χ1) is 12.2. The summed E-state index contributed by atoms with van der Waals surface area (Å²) in [6, 6.07) is 9.93. The third-order valence-corrected chi connectivity index (χ3v) is 4.58. The van der Waals surface area contributed by atoms with Crippen LogP contribution in [0.2, 0.25) is 0 Å². The predicted molar refractivity (Wildman–Crippen MR) is 94.9 cm³/mol. The van der Waals surface area contributed by atoms with Gasteiger partial charge in [0.05, 0.1) is 6.61 Å². The van der Waals surface area contributed by atoms with Crippen molar-refractivity contribution in [3.63, 3.8) is 0 Å². The highest BCUT2D eigenvalue weighted by Crippen LogP contribution is 2.19. The molecule has 2 fully saturated rings. The summed E-state index contributed by atoms with van der Waals surface area (Å²) in [4.78, 5) is 26.6. The molecular weight excluding hydrogens is 318 g/mol. The fraction of sp³-hybridized carbons (Fsp3) is 0.579. The second-order valence-corrected chi connectivity index (χ2v) is 6.73. The maximum atomic E-state index is 12.5. The Bertz CT molecular complexity index is 575. The number of nitrogens with zero attached hydrogens (tertiary/aromatic N) is 1. The predicted octanol–water partition coefficient (Wildman–Crippen LogP) is 1.06. The van der Waals surface area contributed by atoms with E-state index in [9.17, 15) is 9.59 Å². The van der Waals surface area contributed by atoms with Gasteiger partial charge in [-0.25, -0.2) is 0 Å². The fourth-order valence-corrected chi connectivity index (χ4v) is 3.00. The number of hydrogen-bond donors (Lipinski definition) is 2. The molecule has 1 aromatic carbocycles. The SMILES string of the molecule is O=C(NC1CC1)C1CNCCN1C(=O)CCCOCc1ccccc1. The zero-order valence-corrected chi connectivity index (χ0v) is 14.6. The van der Waals surface area contributed by atoms with E-state index < -0.39 is 0 Å². The van der Waals surface area contributed by atoms with Crippen LogP contribution in [0.15, 0.2) is 30.3 Å². The van der Waals surface area contributed by atoms with Crippen LogP contribution < -0.4 is 10.6 Å². The average molecular weight is 345 g/mol. The highest BCUT2D eigenvalue weighted by Gasteiger charge is 2.34. The van der Waals surface area contributed by atoms with Crippen molar-refractivity contribution in [2.24, 2.45) is 0 Å². The molecule has 6 nitrogen and oxygen atoms in total. The first-order valence-electron chi connectivity index (χ1n) is 9.16. The largest absolute Gasteiger partial charge is 0.377 e. The van der Waals surface area contributed by atoms with Crippen LogP contribution in [0.5, 0.6) is 0 Å². The number of piperazine rings is 1. The molecule has 1 atom stereocenters. The third-order valence-electron chi connectivity index (χ3n) is 4.58. The number of carbonyl (C=O) groups excluding carboxylic acids is 2. The normalized spacial score (nSPS) is 20.3. The van der Waals surface area contributed by atoms with Crippen LogP contribution in [0.3, 0.4) is 0 Å². The first kappa shape index (κ1) is 17.9. The van der Waals surface area contributed by atoms with E-state index in [-0.39, 0.29) is 17.9 Å². The minimum Gasteiger partial charge on any atom is -0.377 e. The van der Waals surface area contributed by atoms with Crippen molar-refractivity contribution < 1.29 is 14.3 Å². The number of carbonyl (C=O) groups is 2. The van der Waals surface area contributed by atoms with Crippen molar-refractivity contribution in [1.82, 2.24) is 15.5 Å². The van der Waals surface area contributed by atoms with Gasteiger partial charge in [-0.2, -0.15) is 0 Å². The molecule has 0 bridgehead atoms.